The molecule has 0 saturated carbocycles. The molecule has 0 unspecified atom stereocenters. The largest absolute Gasteiger partial charge is 0.416 e. The number of nitriles is 1. The lowest BCUT2D eigenvalue weighted by molar-refractivity contribution is -0.138. The standard InChI is InChI=1S/C13H15F3N2O2S/c1-3-10-5-4-6-11(12(10)13(14,15)16)9-21(19,20)18(2)8-7-17/h4-6H,3,8-9H2,1-2H3. The first-order chi connectivity index (χ1) is 9.63. The van der Waals surface area contributed by atoms with Crippen molar-refractivity contribution in [2.24, 2.45) is 0 Å². The molecule has 0 N–H and O–H groups in total. The van der Waals surface area contributed by atoms with E-state index in [1.165, 1.54) is 12.1 Å². The Balaban J connectivity index is 3.30. The molecular weight excluding hydrogens is 305 g/mol. The van der Waals surface area contributed by atoms with Crippen molar-refractivity contribution in [1.29, 1.82) is 5.26 Å². The van der Waals surface area contributed by atoms with Crippen LogP contribution in [0.3, 0.4) is 0 Å². The molecule has 0 radical (unpaired) electrons. The molecule has 1 aromatic carbocycles. The van der Waals surface area contributed by atoms with Gasteiger partial charge >= 0.3 is 6.18 Å². The Hall–Kier alpha value is -1.59. The Labute approximate surface area is 121 Å². The van der Waals surface area contributed by atoms with Crippen molar-refractivity contribution in [3.8, 4) is 6.07 Å². The molecule has 0 aliphatic rings. The molecule has 8 heteroatoms. The van der Waals surface area contributed by atoms with E-state index >= 15 is 0 Å². The molecule has 0 saturated heterocycles. The second-order valence-electron chi connectivity index (χ2n) is 4.47. The summed E-state index contributed by atoms with van der Waals surface area (Å²) in [4.78, 5) is 0. The lowest BCUT2D eigenvalue weighted by Gasteiger charge is -2.19. The first-order valence-corrected chi connectivity index (χ1v) is 7.73. The van der Waals surface area contributed by atoms with Crippen LogP contribution in [-0.2, 0) is 28.4 Å². The quantitative estimate of drug-likeness (QED) is 0.783. The van der Waals surface area contributed by atoms with Crippen LogP contribution in [0.25, 0.3) is 0 Å². The summed E-state index contributed by atoms with van der Waals surface area (Å²) in [5.41, 5.74) is -1.15. The molecule has 0 amide bonds. The number of alkyl halides is 3. The number of halogens is 3. The van der Waals surface area contributed by atoms with E-state index in [1.807, 2.05) is 0 Å². The smallest absolute Gasteiger partial charge is 0.212 e. The lowest BCUT2D eigenvalue weighted by Crippen LogP contribution is -2.29. The second-order valence-corrected chi connectivity index (χ2v) is 6.55. The minimum Gasteiger partial charge on any atom is -0.212 e. The molecule has 1 aromatic rings. The van der Waals surface area contributed by atoms with Gasteiger partial charge in [-0.2, -0.15) is 22.7 Å². The van der Waals surface area contributed by atoms with Gasteiger partial charge in [-0.25, -0.2) is 8.42 Å². The summed E-state index contributed by atoms with van der Waals surface area (Å²) in [6, 6.07) is 5.54. The average molecular weight is 320 g/mol. The van der Waals surface area contributed by atoms with Crippen LogP contribution in [0.4, 0.5) is 13.2 Å². The van der Waals surface area contributed by atoms with Crippen molar-refractivity contribution in [2.45, 2.75) is 25.3 Å². The Morgan fingerprint density at radius 1 is 1.29 bits per heavy atom. The number of benzene rings is 1. The van der Waals surface area contributed by atoms with Crippen molar-refractivity contribution in [3.05, 3.63) is 34.9 Å². The summed E-state index contributed by atoms with van der Waals surface area (Å²) in [5.74, 6) is -0.784. The second kappa shape index (κ2) is 6.45. The van der Waals surface area contributed by atoms with Crippen LogP contribution in [0.5, 0.6) is 0 Å². The summed E-state index contributed by atoms with van der Waals surface area (Å²) in [5, 5.41) is 8.50. The zero-order valence-electron chi connectivity index (χ0n) is 11.6. The van der Waals surface area contributed by atoms with Gasteiger partial charge < -0.3 is 0 Å². The monoisotopic (exact) mass is 320 g/mol. The zero-order chi connectivity index (χ0) is 16.3. The van der Waals surface area contributed by atoms with Crippen molar-refractivity contribution in [2.75, 3.05) is 13.6 Å². The third-order valence-electron chi connectivity index (χ3n) is 3.01. The fraction of sp³-hybridized carbons (Fsp3) is 0.462. The van der Waals surface area contributed by atoms with Crippen LogP contribution in [0.15, 0.2) is 18.2 Å². The van der Waals surface area contributed by atoms with Crippen molar-refractivity contribution in [3.63, 3.8) is 0 Å². The predicted molar refractivity (Wildman–Crippen MR) is 71.7 cm³/mol. The van der Waals surface area contributed by atoms with Gasteiger partial charge in [-0.15, -0.1) is 0 Å². The third kappa shape index (κ3) is 4.19. The number of aryl methyl sites for hydroxylation is 1. The minimum atomic E-state index is -4.62. The molecule has 0 aromatic heterocycles. The van der Waals surface area contributed by atoms with Crippen LogP contribution in [0.1, 0.15) is 23.6 Å². The molecule has 0 heterocycles. The average Bonchev–Trinajstić information content (AvgIpc) is 2.36. The molecule has 0 fully saturated rings. The maximum atomic E-state index is 13.2. The maximum Gasteiger partial charge on any atom is 0.416 e. The number of rotatable bonds is 5. The first-order valence-electron chi connectivity index (χ1n) is 6.12. The van der Waals surface area contributed by atoms with Crippen LogP contribution in [0, 0.1) is 11.3 Å². The molecule has 116 valence electrons. The Morgan fingerprint density at radius 3 is 2.33 bits per heavy atom. The highest BCUT2D eigenvalue weighted by molar-refractivity contribution is 7.88. The van der Waals surface area contributed by atoms with E-state index in [-0.39, 0.29) is 17.5 Å². The summed E-state index contributed by atoms with van der Waals surface area (Å²) in [6.07, 6.45) is -4.47. The summed E-state index contributed by atoms with van der Waals surface area (Å²) < 4.78 is 64.2. The van der Waals surface area contributed by atoms with Crippen molar-refractivity contribution in [1.82, 2.24) is 4.31 Å². The van der Waals surface area contributed by atoms with E-state index in [2.05, 4.69) is 0 Å². The van der Waals surface area contributed by atoms with Gasteiger partial charge in [-0.1, -0.05) is 25.1 Å². The molecule has 21 heavy (non-hydrogen) atoms. The molecular formula is C13H15F3N2O2S. The Bertz CT molecular complexity index is 648. The van der Waals surface area contributed by atoms with Gasteiger partial charge in [0, 0.05) is 7.05 Å². The van der Waals surface area contributed by atoms with Crippen LogP contribution in [0.2, 0.25) is 0 Å². The summed E-state index contributed by atoms with van der Waals surface area (Å²) >= 11 is 0. The van der Waals surface area contributed by atoms with Crippen LogP contribution in [-0.4, -0.2) is 26.3 Å². The molecule has 4 nitrogen and oxygen atoms in total. The number of sulfonamides is 1. The molecule has 0 aliphatic carbocycles. The van der Waals surface area contributed by atoms with Gasteiger partial charge in [0.25, 0.3) is 0 Å². The highest BCUT2D eigenvalue weighted by atomic mass is 32.2. The highest BCUT2D eigenvalue weighted by Gasteiger charge is 2.36. The normalized spacial score (nSPS) is 12.4. The summed E-state index contributed by atoms with van der Waals surface area (Å²) in [7, 11) is -2.81. The fourth-order valence-electron chi connectivity index (χ4n) is 1.94. The summed E-state index contributed by atoms with van der Waals surface area (Å²) in [6.45, 7) is 1.17. The minimum absolute atomic E-state index is 0.0538. The van der Waals surface area contributed by atoms with Crippen molar-refractivity contribution >= 4 is 10.0 Å². The van der Waals surface area contributed by atoms with E-state index in [4.69, 9.17) is 5.26 Å². The van der Waals surface area contributed by atoms with E-state index in [1.54, 1.807) is 13.0 Å². The van der Waals surface area contributed by atoms with Crippen LogP contribution >= 0.6 is 0 Å². The lowest BCUT2D eigenvalue weighted by atomic mass is 10.00. The first kappa shape index (κ1) is 17.5. The Morgan fingerprint density at radius 2 is 1.86 bits per heavy atom. The predicted octanol–water partition coefficient (Wildman–Crippen LogP) is 2.55. The molecule has 0 bridgehead atoms. The molecule has 0 atom stereocenters. The maximum absolute atomic E-state index is 13.2. The highest BCUT2D eigenvalue weighted by Crippen LogP contribution is 2.36. The molecule has 0 spiro atoms. The van der Waals surface area contributed by atoms with Gasteiger partial charge in [0.15, 0.2) is 0 Å². The van der Waals surface area contributed by atoms with Gasteiger partial charge in [0.1, 0.15) is 6.54 Å². The third-order valence-corrected chi connectivity index (χ3v) is 4.76. The number of nitrogens with zero attached hydrogens (tertiary/aromatic N) is 2. The SMILES string of the molecule is CCc1cccc(CS(=O)(=O)N(C)CC#N)c1C(F)(F)F. The number of hydrogen-bond acceptors (Lipinski definition) is 3. The van der Waals surface area contributed by atoms with E-state index in [0.717, 1.165) is 17.4 Å². The molecule has 1 rings (SSSR count). The van der Waals surface area contributed by atoms with Gasteiger partial charge in [0.2, 0.25) is 10.0 Å². The van der Waals surface area contributed by atoms with E-state index < -0.39 is 34.1 Å². The van der Waals surface area contributed by atoms with E-state index in [9.17, 15) is 21.6 Å². The van der Waals surface area contributed by atoms with Gasteiger partial charge in [-0.3, -0.25) is 0 Å². The molecule has 0 aliphatic heterocycles. The topological polar surface area (TPSA) is 61.2 Å². The van der Waals surface area contributed by atoms with Gasteiger partial charge in [0.05, 0.1) is 17.4 Å². The van der Waals surface area contributed by atoms with Crippen molar-refractivity contribution < 1.29 is 21.6 Å². The number of hydrogen-bond donors (Lipinski definition) is 0. The Kier molecular flexibility index (Phi) is 5.36. The van der Waals surface area contributed by atoms with Gasteiger partial charge in [-0.05, 0) is 17.5 Å². The van der Waals surface area contributed by atoms with E-state index in [0.29, 0.717) is 0 Å². The zero-order valence-corrected chi connectivity index (χ0v) is 12.4. The fourth-order valence-corrected chi connectivity index (χ4v) is 3.05. The van der Waals surface area contributed by atoms with Crippen LogP contribution < -0.4 is 0 Å².